The van der Waals surface area contributed by atoms with Gasteiger partial charge in [-0.25, -0.2) is 10.2 Å². The summed E-state index contributed by atoms with van der Waals surface area (Å²) < 4.78 is 11.2. The van der Waals surface area contributed by atoms with Crippen LogP contribution in [0.1, 0.15) is 73.0 Å². The van der Waals surface area contributed by atoms with Crippen LogP contribution in [0, 0.1) is 13.8 Å². The number of nitrogens with zero attached hydrogens (tertiary/aromatic N) is 1. The fourth-order valence-electron chi connectivity index (χ4n) is 3.35. The fourth-order valence-corrected chi connectivity index (χ4v) is 3.35. The second-order valence-electron chi connectivity index (χ2n) is 8.11. The zero-order valence-corrected chi connectivity index (χ0v) is 20.3. The molecule has 3 N–H and O–H groups in total. The summed E-state index contributed by atoms with van der Waals surface area (Å²) in [7, 11) is 0. The zero-order valence-electron chi connectivity index (χ0n) is 20.3. The standard InChI is InChI=1S/C26H34N2O6/c1-5-7-8-11-19(6-2)34-26(32)20-12-9-10-13-23(20)33-16-24(30)28-27-15-21-17(3)14-22(29)18(4)25(21)31/h9-10,12-15,19,29,31H,5-8,11,16H2,1-4H3,(H,28,30). The fraction of sp³-hybridized carbons (Fsp3) is 0.423. The number of esters is 1. The molecular formula is C26H34N2O6. The van der Waals surface area contributed by atoms with Crippen molar-refractivity contribution in [1.29, 1.82) is 0 Å². The highest BCUT2D eigenvalue weighted by atomic mass is 16.5. The number of ether oxygens (including phenoxy) is 2. The number of para-hydroxylation sites is 1. The molecule has 8 nitrogen and oxygen atoms in total. The summed E-state index contributed by atoms with van der Waals surface area (Å²) in [4.78, 5) is 24.9. The normalized spacial score (nSPS) is 11.9. The summed E-state index contributed by atoms with van der Waals surface area (Å²) >= 11 is 0. The third-order valence-electron chi connectivity index (χ3n) is 5.48. The minimum atomic E-state index is -0.543. The Morgan fingerprint density at radius 2 is 1.88 bits per heavy atom. The molecule has 1 amide bonds. The highest BCUT2D eigenvalue weighted by molar-refractivity contribution is 5.93. The smallest absolute Gasteiger partial charge is 0.342 e. The molecule has 0 spiro atoms. The van der Waals surface area contributed by atoms with Crippen molar-refractivity contribution in [2.75, 3.05) is 6.61 Å². The number of benzene rings is 2. The zero-order chi connectivity index (χ0) is 25.1. The summed E-state index contributed by atoms with van der Waals surface area (Å²) in [5, 5.41) is 23.8. The number of amides is 1. The Hall–Kier alpha value is -3.55. The third kappa shape index (κ3) is 7.50. The van der Waals surface area contributed by atoms with E-state index < -0.39 is 11.9 Å². The van der Waals surface area contributed by atoms with E-state index in [0.29, 0.717) is 16.7 Å². The number of carbonyl (C=O) groups is 2. The van der Waals surface area contributed by atoms with Gasteiger partial charge in [-0.1, -0.05) is 38.8 Å². The van der Waals surface area contributed by atoms with Gasteiger partial charge < -0.3 is 19.7 Å². The van der Waals surface area contributed by atoms with Crippen molar-refractivity contribution in [2.45, 2.75) is 65.9 Å². The molecule has 0 aromatic heterocycles. The number of carbonyl (C=O) groups excluding carboxylic acids is 2. The molecule has 8 heteroatoms. The maximum Gasteiger partial charge on any atom is 0.342 e. The molecule has 34 heavy (non-hydrogen) atoms. The lowest BCUT2D eigenvalue weighted by Gasteiger charge is -2.17. The van der Waals surface area contributed by atoms with Crippen molar-refractivity contribution in [3.63, 3.8) is 0 Å². The maximum atomic E-state index is 12.7. The Bertz CT molecular complexity index is 1020. The molecule has 0 aliphatic carbocycles. The van der Waals surface area contributed by atoms with E-state index in [0.717, 1.165) is 32.1 Å². The minimum Gasteiger partial charge on any atom is -0.508 e. The molecule has 1 atom stereocenters. The molecule has 0 radical (unpaired) electrons. The van der Waals surface area contributed by atoms with Crippen LogP contribution < -0.4 is 10.2 Å². The first-order valence-corrected chi connectivity index (χ1v) is 11.5. The number of nitrogens with one attached hydrogen (secondary N) is 1. The molecular weight excluding hydrogens is 436 g/mol. The van der Waals surface area contributed by atoms with Gasteiger partial charge in [0.25, 0.3) is 5.91 Å². The summed E-state index contributed by atoms with van der Waals surface area (Å²) in [6, 6.07) is 8.13. The molecule has 2 rings (SSSR count). The SMILES string of the molecule is CCCCCC(CC)OC(=O)c1ccccc1OCC(=O)NN=Cc1c(C)cc(O)c(C)c1O. The highest BCUT2D eigenvalue weighted by Crippen LogP contribution is 2.31. The van der Waals surface area contributed by atoms with Crippen LogP contribution in [0.15, 0.2) is 35.4 Å². The van der Waals surface area contributed by atoms with Gasteiger partial charge >= 0.3 is 5.97 Å². The first kappa shape index (κ1) is 26.7. The number of rotatable bonds is 12. The van der Waals surface area contributed by atoms with Crippen molar-refractivity contribution in [2.24, 2.45) is 5.10 Å². The number of hydrogen-bond donors (Lipinski definition) is 3. The number of phenolic OH excluding ortho intramolecular Hbond substituents is 2. The number of aromatic hydroxyl groups is 2. The second-order valence-corrected chi connectivity index (χ2v) is 8.11. The van der Waals surface area contributed by atoms with Crippen molar-refractivity contribution < 1.29 is 29.3 Å². The molecule has 0 saturated carbocycles. The van der Waals surface area contributed by atoms with Crippen LogP contribution in [0.2, 0.25) is 0 Å². The summed E-state index contributed by atoms with van der Waals surface area (Å²) in [5.41, 5.74) is 3.88. The average molecular weight is 471 g/mol. The van der Waals surface area contributed by atoms with E-state index in [1.165, 1.54) is 12.3 Å². The Kier molecular flexibility index (Phi) is 10.4. The van der Waals surface area contributed by atoms with Gasteiger partial charge in [-0.3, -0.25) is 4.79 Å². The van der Waals surface area contributed by atoms with E-state index in [1.54, 1.807) is 38.1 Å². The van der Waals surface area contributed by atoms with Gasteiger partial charge in [0.05, 0.1) is 6.21 Å². The van der Waals surface area contributed by atoms with Crippen LogP contribution in [0.4, 0.5) is 0 Å². The van der Waals surface area contributed by atoms with Crippen LogP contribution in [-0.2, 0) is 9.53 Å². The van der Waals surface area contributed by atoms with Crippen LogP contribution in [0.25, 0.3) is 0 Å². The molecule has 0 fully saturated rings. The topological polar surface area (TPSA) is 117 Å². The molecule has 0 heterocycles. The van der Waals surface area contributed by atoms with E-state index in [-0.39, 0.29) is 35.5 Å². The monoisotopic (exact) mass is 470 g/mol. The number of hydrogen-bond acceptors (Lipinski definition) is 7. The Morgan fingerprint density at radius 3 is 2.59 bits per heavy atom. The summed E-state index contributed by atoms with van der Waals surface area (Å²) in [6.07, 6.45) is 5.88. The molecule has 0 saturated heterocycles. The van der Waals surface area contributed by atoms with E-state index in [2.05, 4.69) is 17.5 Å². The van der Waals surface area contributed by atoms with Crippen molar-refractivity contribution in [3.8, 4) is 17.2 Å². The second kappa shape index (κ2) is 13.2. The van der Waals surface area contributed by atoms with Gasteiger partial charge in [0.15, 0.2) is 6.61 Å². The first-order chi connectivity index (χ1) is 16.3. The number of aryl methyl sites for hydroxylation is 1. The predicted octanol–water partition coefficient (Wildman–Crippen LogP) is 4.76. The van der Waals surface area contributed by atoms with E-state index in [4.69, 9.17) is 9.47 Å². The maximum absolute atomic E-state index is 12.7. The van der Waals surface area contributed by atoms with Gasteiger partial charge in [-0.2, -0.15) is 5.10 Å². The molecule has 2 aromatic carbocycles. The molecule has 0 bridgehead atoms. The van der Waals surface area contributed by atoms with Crippen LogP contribution in [-0.4, -0.2) is 41.0 Å². The number of phenols is 2. The summed E-state index contributed by atoms with van der Waals surface area (Å²) in [6.45, 7) is 7.02. The molecule has 0 aliphatic heterocycles. The van der Waals surface area contributed by atoms with Crippen molar-refractivity contribution in [1.82, 2.24) is 5.43 Å². The molecule has 184 valence electrons. The first-order valence-electron chi connectivity index (χ1n) is 11.5. The van der Waals surface area contributed by atoms with E-state index in [9.17, 15) is 19.8 Å². The number of hydrazone groups is 1. The molecule has 1 unspecified atom stereocenters. The Balaban J connectivity index is 1.96. The Morgan fingerprint density at radius 1 is 1.15 bits per heavy atom. The lowest BCUT2D eigenvalue weighted by Crippen LogP contribution is -2.25. The lowest BCUT2D eigenvalue weighted by atomic mass is 10.0. The van der Waals surface area contributed by atoms with Crippen LogP contribution >= 0.6 is 0 Å². The molecule has 2 aromatic rings. The lowest BCUT2D eigenvalue weighted by molar-refractivity contribution is -0.123. The number of unbranched alkanes of at least 4 members (excludes halogenated alkanes) is 2. The average Bonchev–Trinajstić information content (AvgIpc) is 2.83. The van der Waals surface area contributed by atoms with Gasteiger partial charge in [0.2, 0.25) is 0 Å². The summed E-state index contributed by atoms with van der Waals surface area (Å²) in [5.74, 6) is -0.908. The minimum absolute atomic E-state index is 0.0204. The largest absolute Gasteiger partial charge is 0.508 e. The molecule has 0 aliphatic rings. The quantitative estimate of drug-likeness (QED) is 0.178. The van der Waals surface area contributed by atoms with Gasteiger partial charge in [-0.15, -0.1) is 0 Å². The van der Waals surface area contributed by atoms with Gasteiger partial charge in [0.1, 0.15) is 28.9 Å². The predicted molar refractivity (Wildman–Crippen MR) is 131 cm³/mol. The van der Waals surface area contributed by atoms with E-state index in [1.807, 2.05) is 6.92 Å². The Labute approximate surface area is 200 Å². The van der Waals surface area contributed by atoms with E-state index >= 15 is 0 Å². The van der Waals surface area contributed by atoms with Crippen molar-refractivity contribution in [3.05, 3.63) is 52.6 Å². The van der Waals surface area contributed by atoms with Gasteiger partial charge in [0, 0.05) is 11.1 Å². The highest BCUT2D eigenvalue weighted by Gasteiger charge is 2.19. The van der Waals surface area contributed by atoms with Gasteiger partial charge in [-0.05, 0) is 56.9 Å². The third-order valence-corrected chi connectivity index (χ3v) is 5.48. The van der Waals surface area contributed by atoms with Crippen LogP contribution in [0.3, 0.4) is 0 Å². The van der Waals surface area contributed by atoms with Crippen LogP contribution in [0.5, 0.6) is 17.2 Å². The van der Waals surface area contributed by atoms with Crippen molar-refractivity contribution >= 4 is 18.1 Å².